The molecular weight excluding hydrogens is 291 g/mol. The minimum absolute atomic E-state index is 0.0375. The summed E-state index contributed by atoms with van der Waals surface area (Å²) >= 11 is 6.04. The monoisotopic (exact) mass is 306 g/mol. The van der Waals surface area contributed by atoms with Gasteiger partial charge in [-0.25, -0.2) is 4.39 Å². The highest BCUT2D eigenvalue weighted by Crippen LogP contribution is 2.22. The summed E-state index contributed by atoms with van der Waals surface area (Å²) < 4.78 is 13.6. The quantitative estimate of drug-likeness (QED) is 0.891. The van der Waals surface area contributed by atoms with E-state index in [0.717, 1.165) is 11.1 Å². The zero-order valence-corrected chi connectivity index (χ0v) is 12.6. The number of carbonyl (C=O) groups is 1. The molecule has 0 saturated carbocycles. The fourth-order valence-corrected chi connectivity index (χ4v) is 2.14. The summed E-state index contributed by atoms with van der Waals surface area (Å²) in [6.45, 7) is 3.68. The topological polar surface area (TPSA) is 41.1 Å². The average molecular weight is 307 g/mol. The fraction of sp³-hybridized carbons (Fsp3) is 0.188. The first-order valence-electron chi connectivity index (χ1n) is 6.52. The van der Waals surface area contributed by atoms with E-state index in [9.17, 15) is 9.18 Å². The van der Waals surface area contributed by atoms with E-state index < -0.39 is 0 Å². The predicted molar refractivity (Wildman–Crippen MR) is 84.4 cm³/mol. The van der Waals surface area contributed by atoms with Gasteiger partial charge in [-0.3, -0.25) is 4.79 Å². The van der Waals surface area contributed by atoms with Crippen molar-refractivity contribution < 1.29 is 9.18 Å². The molecule has 0 heterocycles. The molecule has 2 rings (SSSR count). The lowest BCUT2D eigenvalue weighted by Crippen LogP contribution is -2.22. The number of aryl methyl sites for hydroxylation is 2. The summed E-state index contributed by atoms with van der Waals surface area (Å²) in [5.74, 6) is -0.670. The van der Waals surface area contributed by atoms with Gasteiger partial charge in [0.1, 0.15) is 5.82 Å². The van der Waals surface area contributed by atoms with Gasteiger partial charge in [-0.05, 0) is 49.2 Å². The van der Waals surface area contributed by atoms with E-state index in [0.29, 0.717) is 16.4 Å². The van der Waals surface area contributed by atoms with Gasteiger partial charge in [0.25, 0.3) is 0 Å². The molecule has 2 aromatic rings. The van der Waals surface area contributed by atoms with Crippen LogP contribution in [-0.2, 0) is 4.79 Å². The van der Waals surface area contributed by atoms with E-state index in [2.05, 4.69) is 10.6 Å². The standard InChI is InChI=1S/C16H16ClFN2O/c1-10-3-5-14(12(17)7-10)20-16(21)9-19-15-6-4-11(2)8-13(15)18/h3-8,19H,9H2,1-2H3,(H,20,21). The third-order valence-corrected chi connectivity index (χ3v) is 3.28. The van der Waals surface area contributed by atoms with Gasteiger partial charge < -0.3 is 10.6 Å². The summed E-state index contributed by atoms with van der Waals surface area (Å²) in [6, 6.07) is 10.2. The van der Waals surface area contributed by atoms with Crippen LogP contribution in [0.4, 0.5) is 15.8 Å². The van der Waals surface area contributed by atoms with E-state index in [1.54, 1.807) is 31.2 Å². The van der Waals surface area contributed by atoms with Crippen LogP contribution in [0.2, 0.25) is 5.02 Å². The molecule has 0 atom stereocenters. The number of benzene rings is 2. The van der Waals surface area contributed by atoms with E-state index in [1.807, 2.05) is 13.0 Å². The average Bonchev–Trinajstić information content (AvgIpc) is 2.41. The lowest BCUT2D eigenvalue weighted by atomic mass is 10.2. The van der Waals surface area contributed by atoms with Crippen molar-refractivity contribution in [1.82, 2.24) is 0 Å². The van der Waals surface area contributed by atoms with Crippen LogP contribution < -0.4 is 10.6 Å². The van der Waals surface area contributed by atoms with Crippen molar-refractivity contribution in [2.24, 2.45) is 0 Å². The molecule has 0 bridgehead atoms. The summed E-state index contributed by atoms with van der Waals surface area (Å²) in [4.78, 5) is 11.8. The Balaban J connectivity index is 1.96. The Morgan fingerprint density at radius 2 is 1.71 bits per heavy atom. The largest absolute Gasteiger partial charge is 0.374 e. The van der Waals surface area contributed by atoms with Gasteiger partial charge in [-0.15, -0.1) is 0 Å². The molecule has 0 unspecified atom stereocenters. The minimum atomic E-state index is -0.379. The summed E-state index contributed by atoms with van der Waals surface area (Å²) in [5.41, 5.74) is 2.68. The second-order valence-electron chi connectivity index (χ2n) is 4.87. The molecule has 21 heavy (non-hydrogen) atoms. The van der Waals surface area contributed by atoms with Crippen LogP contribution in [0, 0.1) is 19.7 Å². The lowest BCUT2D eigenvalue weighted by molar-refractivity contribution is -0.114. The molecule has 5 heteroatoms. The highest BCUT2D eigenvalue weighted by Gasteiger charge is 2.07. The molecule has 2 N–H and O–H groups in total. The van der Waals surface area contributed by atoms with Crippen LogP contribution in [0.5, 0.6) is 0 Å². The van der Waals surface area contributed by atoms with Crippen molar-refractivity contribution in [3.05, 3.63) is 58.4 Å². The highest BCUT2D eigenvalue weighted by molar-refractivity contribution is 6.33. The van der Waals surface area contributed by atoms with Crippen molar-refractivity contribution in [3.63, 3.8) is 0 Å². The molecule has 0 aliphatic carbocycles. The van der Waals surface area contributed by atoms with Crippen molar-refractivity contribution >= 4 is 28.9 Å². The van der Waals surface area contributed by atoms with Crippen molar-refractivity contribution in [3.8, 4) is 0 Å². The maximum Gasteiger partial charge on any atom is 0.243 e. The number of halogens is 2. The van der Waals surface area contributed by atoms with Gasteiger partial charge in [0, 0.05) is 0 Å². The van der Waals surface area contributed by atoms with Crippen molar-refractivity contribution in [2.45, 2.75) is 13.8 Å². The van der Waals surface area contributed by atoms with Gasteiger partial charge in [-0.1, -0.05) is 23.7 Å². The van der Waals surface area contributed by atoms with E-state index in [1.165, 1.54) is 6.07 Å². The molecule has 0 saturated heterocycles. The number of anilines is 2. The second kappa shape index (κ2) is 6.59. The molecule has 1 amide bonds. The summed E-state index contributed by atoms with van der Waals surface area (Å²) in [7, 11) is 0. The molecular formula is C16H16ClFN2O. The number of rotatable bonds is 4. The first-order valence-corrected chi connectivity index (χ1v) is 6.89. The Labute approximate surface area is 128 Å². The third-order valence-electron chi connectivity index (χ3n) is 2.96. The van der Waals surface area contributed by atoms with Gasteiger partial charge in [0.15, 0.2) is 0 Å². The van der Waals surface area contributed by atoms with Crippen LogP contribution in [0.15, 0.2) is 36.4 Å². The van der Waals surface area contributed by atoms with Gasteiger partial charge in [-0.2, -0.15) is 0 Å². The van der Waals surface area contributed by atoms with Gasteiger partial charge in [0.2, 0.25) is 5.91 Å². The van der Waals surface area contributed by atoms with E-state index >= 15 is 0 Å². The predicted octanol–water partition coefficient (Wildman–Crippen LogP) is 4.15. The van der Waals surface area contributed by atoms with Crippen LogP contribution >= 0.6 is 11.6 Å². The zero-order valence-electron chi connectivity index (χ0n) is 11.8. The molecule has 0 aromatic heterocycles. The summed E-state index contributed by atoms with van der Waals surface area (Å²) in [6.07, 6.45) is 0. The normalized spacial score (nSPS) is 10.3. The molecule has 0 fully saturated rings. The molecule has 0 spiro atoms. The zero-order chi connectivity index (χ0) is 15.4. The first kappa shape index (κ1) is 15.3. The summed E-state index contributed by atoms with van der Waals surface area (Å²) in [5, 5.41) is 5.92. The number of amides is 1. The lowest BCUT2D eigenvalue weighted by Gasteiger charge is -2.10. The molecule has 0 radical (unpaired) electrons. The number of nitrogens with one attached hydrogen (secondary N) is 2. The molecule has 2 aromatic carbocycles. The van der Waals surface area contributed by atoms with Crippen LogP contribution in [0.3, 0.4) is 0 Å². The van der Waals surface area contributed by atoms with Gasteiger partial charge in [0.05, 0.1) is 22.9 Å². The maximum absolute atomic E-state index is 13.6. The Hall–Kier alpha value is -2.07. The number of hydrogen-bond donors (Lipinski definition) is 2. The van der Waals surface area contributed by atoms with Crippen molar-refractivity contribution in [2.75, 3.05) is 17.2 Å². The van der Waals surface area contributed by atoms with Crippen molar-refractivity contribution in [1.29, 1.82) is 0 Å². The van der Waals surface area contributed by atoms with E-state index in [4.69, 9.17) is 11.6 Å². The first-order chi connectivity index (χ1) is 9.95. The maximum atomic E-state index is 13.6. The molecule has 110 valence electrons. The van der Waals surface area contributed by atoms with Gasteiger partial charge >= 0.3 is 0 Å². The van der Waals surface area contributed by atoms with Crippen LogP contribution in [0.1, 0.15) is 11.1 Å². The third kappa shape index (κ3) is 4.20. The Morgan fingerprint density at radius 3 is 2.33 bits per heavy atom. The Morgan fingerprint density at radius 1 is 1.10 bits per heavy atom. The highest BCUT2D eigenvalue weighted by atomic mass is 35.5. The molecule has 3 nitrogen and oxygen atoms in total. The Kier molecular flexibility index (Phi) is 4.81. The second-order valence-corrected chi connectivity index (χ2v) is 5.28. The SMILES string of the molecule is Cc1ccc(NCC(=O)Nc2ccc(C)cc2Cl)c(F)c1. The van der Waals surface area contributed by atoms with E-state index in [-0.39, 0.29) is 18.3 Å². The molecule has 0 aliphatic rings. The smallest absolute Gasteiger partial charge is 0.243 e. The van der Waals surface area contributed by atoms with Crippen LogP contribution in [0.25, 0.3) is 0 Å². The minimum Gasteiger partial charge on any atom is -0.374 e. The Bertz CT molecular complexity index is 673. The fourth-order valence-electron chi connectivity index (χ4n) is 1.85. The molecule has 0 aliphatic heterocycles. The number of hydrogen-bond acceptors (Lipinski definition) is 2. The number of carbonyl (C=O) groups excluding carboxylic acids is 1. The van der Waals surface area contributed by atoms with Crippen LogP contribution in [-0.4, -0.2) is 12.5 Å².